The first-order valence-corrected chi connectivity index (χ1v) is 9.73. The van der Waals surface area contributed by atoms with E-state index < -0.39 is 6.11 Å². The standard InChI is InChI=1S/C21H21F2N7O2/c1-13-25-19(27-30(13)12-14-9-10-24-17(11-14)29(3)4)20-26-18(28-32-20)15-5-7-16(8-6-15)31-21(2,22)23/h5-11H,12H2,1-4H3. The molecule has 0 amide bonds. The Balaban J connectivity index is 1.52. The van der Waals surface area contributed by atoms with E-state index in [0.717, 1.165) is 11.4 Å². The van der Waals surface area contributed by atoms with Crippen LogP contribution in [0.5, 0.6) is 5.75 Å². The van der Waals surface area contributed by atoms with Crippen LogP contribution in [0.4, 0.5) is 14.6 Å². The van der Waals surface area contributed by atoms with Crippen LogP contribution >= 0.6 is 0 Å². The molecular formula is C21H21F2N7O2. The van der Waals surface area contributed by atoms with E-state index in [1.54, 1.807) is 23.0 Å². The predicted octanol–water partition coefficient (Wildman–Crippen LogP) is 3.80. The summed E-state index contributed by atoms with van der Waals surface area (Å²) in [6.07, 6.45) is -1.51. The van der Waals surface area contributed by atoms with Gasteiger partial charge in [0, 0.05) is 32.8 Å². The first-order chi connectivity index (χ1) is 15.2. The maximum absolute atomic E-state index is 13.0. The van der Waals surface area contributed by atoms with Gasteiger partial charge in [0.15, 0.2) is 0 Å². The van der Waals surface area contributed by atoms with Gasteiger partial charge in [0.05, 0.1) is 6.54 Å². The van der Waals surface area contributed by atoms with E-state index in [0.29, 0.717) is 30.7 Å². The fraction of sp³-hybridized carbons (Fsp3) is 0.286. The highest BCUT2D eigenvalue weighted by Crippen LogP contribution is 2.25. The van der Waals surface area contributed by atoms with Crippen molar-refractivity contribution >= 4 is 5.82 Å². The lowest BCUT2D eigenvalue weighted by atomic mass is 10.2. The second-order valence-corrected chi connectivity index (χ2v) is 7.41. The quantitative estimate of drug-likeness (QED) is 0.427. The highest BCUT2D eigenvalue weighted by molar-refractivity contribution is 5.57. The Morgan fingerprint density at radius 1 is 1.09 bits per heavy atom. The molecule has 0 bridgehead atoms. The second kappa shape index (κ2) is 8.33. The van der Waals surface area contributed by atoms with Crippen LogP contribution in [0, 0.1) is 6.92 Å². The van der Waals surface area contributed by atoms with E-state index in [9.17, 15) is 8.78 Å². The van der Waals surface area contributed by atoms with Crippen molar-refractivity contribution in [2.24, 2.45) is 0 Å². The van der Waals surface area contributed by atoms with Gasteiger partial charge in [-0.15, -0.1) is 5.10 Å². The number of aryl methyl sites for hydroxylation is 1. The lowest BCUT2D eigenvalue weighted by Crippen LogP contribution is -2.18. The normalized spacial score (nSPS) is 11.6. The molecule has 3 aromatic heterocycles. The number of nitrogens with zero attached hydrogens (tertiary/aromatic N) is 7. The molecule has 0 fully saturated rings. The number of alkyl halides is 2. The van der Waals surface area contributed by atoms with Gasteiger partial charge in [-0.05, 0) is 48.9 Å². The molecule has 0 atom stereocenters. The van der Waals surface area contributed by atoms with Crippen LogP contribution in [-0.2, 0) is 6.54 Å². The fourth-order valence-corrected chi connectivity index (χ4v) is 2.95. The summed E-state index contributed by atoms with van der Waals surface area (Å²) in [6.45, 7) is 3.02. The summed E-state index contributed by atoms with van der Waals surface area (Å²) in [7, 11) is 3.86. The maximum Gasteiger partial charge on any atom is 0.394 e. The van der Waals surface area contributed by atoms with Crippen molar-refractivity contribution in [3.8, 4) is 28.9 Å². The smallest absolute Gasteiger partial charge is 0.394 e. The monoisotopic (exact) mass is 441 g/mol. The van der Waals surface area contributed by atoms with Crippen LogP contribution in [0.15, 0.2) is 47.1 Å². The van der Waals surface area contributed by atoms with Gasteiger partial charge in [-0.1, -0.05) is 5.16 Å². The molecule has 32 heavy (non-hydrogen) atoms. The topological polar surface area (TPSA) is 95.0 Å². The minimum Gasteiger partial charge on any atom is -0.433 e. The summed E-state index contributed by atoms with van der Waals surface area (Å²) in [6, 6.07) is 9.86. The zero-order chi connectivity index (χ0) is 22.9. The van der Waals surface area contributed by atoms with Gasteiger partial charge in [0.2, 0.25) is 11.6 Å². The van der Waals surface area contributed by atoms with Crippen LogP contribution in [0.25, 0.3) is 23.1 Å². The molecule has 0 aliphatic rings. The molecule has 0 aliphatic heterocycles. The summed E-state index contributed by atoms with van der Waals surface area (Å²) >= 11 is 0. The van der Waals surface area contributed by atoms with Crippen molar-refractivity contribution in [3.63, 3.8) is 0 Å². The van der Waals surface area contributed by atoms with Gasteiger partial charge < -0.3 is 14.2 Å². The summed E-state index contributed by atoms with van der Waals surface area (Å²) in [5.74, 6) is 2.31. The summed E-state index contributed by atoms with van der Waals surface area (Å²) in [4.78, 5) is 15.0. The Labute approximate surface area is 182 Å². The third kappa shape index (κ3) is 4.88. The van der Waals surface area contributed by atoms with E-state index in [2.05, 4.69) is 29.9 Å². The molecule has 1 aromatic carbocycles. The zero-order valence-electron chi connectivity index (χ0n) is 18.0. The van der Waals surface area contributed by atoms with Gasteiger partial charge in [-0.2, -0.15) is 13.8 Å². The molecule has 0 aliphatic carbocycles. The molecular weight excluding hydrogens is 420 g/mol. The van der Waals surface area contributed by atoms with Gasteiger partial charge in [0.1, 0.15) is 17.4 Å². The van der Waals surface area contributed by atoms with Crippen molar-refractivity contribution in [2.45, 2.75) is 26.5 Å². The molecule has 0 N–H and O–H groups in total. The first kappa shape index (κ1) is 21.3. The van der Waals surface area contributed by atoms with Crippen molar-refractivity contribution < 1.29 is 18.0 Å². The molecule has 166 valence electrons. The predicted molar refractivity (Wildman–Crippen MR) is 112 cm³/mol. The summed E-state index contributed by atoms with van der Waals surface area (Å²) in [5, 5.41) is 8.43. The Morgan fingerprint density at radius 3 is 2.53 bits per heavy atom. The Bertz CT molecular complexity index is 1210. The largest absolute Gasteiger partial charge is 0.433 e. The van der Waals surface area contributed by atoms with Crippen molar-refractivity contribution in [1.29, 1.82) is 0 Å². The van der Waals surface area contributed by atoms with Crippen LogP contribution in [0.3, 0.4) is 0 Å². The van der Waals surface area contributed by atoms with Crippen LogP contribution < -0.4 is 9.64 Å². The van der Waals surface area contributed by atoms with Crippen molar-refractivity contribution in [3.05, 3.63) is 54.0 Å². The van der Waals surface area contributed by atoms with E-state index in [-0.39, 0.29) is 17.5 Å². The lowest BCUT2D eigenvalue weighted by molar-refractivity contribution is -0.158. The summed E-state index contributed by atoms with van der Waals surface area (Å²) in [5.41, 5.74) is 1.60. The van der Waals surface area contributed by atoms with Crippen molar-refractivity contribution in [2.75, 3.05) is 19.0 Å². The van der Waals surface area contributed by atoms with Crippen molar-refractivity contribution in [1.82, 2.24) is 29.9 Å². The highest BCUT2D eigenvalue weighted by atomic mass is 19.3. The van der Waals surface area contributed by atoms with Crippen LogP contribution in [-0.4, -0.2) is 50.1 Å². The molecule has 11 heteroatoms. The molecule has 4 rings (SSSR count). The molecule has 0 radical (unpaired) electrons. The maximum atomic E-state index is 13.0. The van der Waals surface area contributed by atoms with E-state index >= 15 is 0 Å². The average molecular weight is 441 g/mol. The van der Waals surface area contributed by atoms with Gasteiger partial charge in [-0.3, -0.25) is 0 Å². The number of anilines is 1. The number of aromatic nitrogens is 6. The zero-order valence-corrected chi connectivity index (χ0v) is 18.0. The minimum absolute atomic E-state index is 0.0366. The summed E-state index contributed by atoms with van der Waals surface area (Å²) < 4.78 is 37.5. The number of benzene rings is 1. The third-order valence-electron chi connectivity index (χ3n) is 4.48. The molecule has 3 heterocycles. The average Bonchev–Trinajstić information content (AvgIpc) is 3.35. The molecule has 4 aromatic rings. The third-order valence-corrected chi connectivity index (χ3v) is 4.48. The van der Waals surface area contributed by atoms with E-state index in [4.69, 9.17) is 4.52 Å². The Morgan fingerprint density at radius 2 is 1.84 bits per heavy atom. The van der Waals surface area contributed by atoms with Gasteiger partial charge in [0.25, 0.3) is 5.89 Å². The Kier molecular flexibility index (Phi) is 5.56. The molecule has 0 unspecified atom stereocenters. The highest BCUT2D eigenvalue weighted by Gasteiger charge is 2.23. The molecule has 9 nitrogen and oxygen atoms in total. The number of rotatable bonds is 7. The number of pyridine rings is 1. The number of halogens is 2. The van der Waals surface area contributed by atoms with E-state index in [1.165, 1.54) is 12.1 Å². The SMILES string of the molecule is Cc1nc(-c2nc(-c3ccc(OC(C)(F)F)cc3)no2)nn1Cc1ccnc(N(C)C)c1. The number of ether oxygens (including phenoxy) is 1. The molecule has 0 spiro atoms. The first-order valence-electron chi connectivity index (χ1n) is 9.73. The van der Waals surface area contributed by atoms with Crippen LogP contribution in [0.1, 0.15) is 18.3 Å². The van der Waals surface area contributed by atoms with Gasteiger partial charge in [-0.25, -0.2) is 14.6 Å². The second-order valence-electron chi connectivity index (χ2n) is 7.41. The molecule has 0 saturated carbocycles. The van der Waals surface area contributed by atoms with E-state index in [1.807, 2.05) is 38.1 Å². The van der Waals surface area contributed by atoms with Crippen LogP contribution in [0.2, 0.25) is 0 Å². The number of hydrogen-bond donors (Lipinski definition) is 0. The Hall–Kier alpha value is -3.89. The fourth-order valence-electron chi connectivity index (χ4n) is 2.95. The van der Waals surface area contributed by atoms with Gasteiger partial charge >= 0.3 is 6.11 Å². The number of hydrogen-bond acceptors (Lipinski definition) is 8. The molecule has 0 saturated heterocycles. The lowest BCUT2D eigenvalue weighted by Gasteiger charge is -2.12. The minimum atomic E-state index is -3.26.